The van der Waals surface area contributed by atoms with Crippen LogP contribution in [-0.2, 0) is 10.8 Å². The Bertz CT molecular complexity index is 1320. The van der Waals surface area contributed by atoms with Crippen molar-refractivity contribution in [3.63, 3.8) is 0 Å². The predicted octanol–water partition coefficient (Wildman–Crippen LogP) is 9.67. The Morgan fingerprint density at radius 1 is 0.543 bits per heavy atom. The predicted molar refractivity (Wildman–Crippen MR) is 152 cm³/mol. The van der Waals surface area contributed by atoms with Gasteiger partial charge in [-0.2, -0.15) is 0 Å². The zero-order valence-corrected chi connectivity index (χ0v) is 22.3. The van der Waals surface area contributed by atoms with Crippen LogP contribution in [-0.4, -0.2) is 9.97 Å². The Hall–Kier alpha value is -3.30. The average Bonchev–Trinajstić information content (AvgIpc) is 3.56. The van der Waals surface area contributed by atoms with E-state index in [0.29, 0.717) is 0 Å². The van der Waals surface area contributed by atoms with E-state index in [1.807, 2.05) is 11.3 Å². The lowest BCUT2D eigenvalue weighted by Crippen LogP contribution is -2.11. The fourth-order valence-corrected chi connectivity index (χ4v) is 5.44. The number of benzene rings is 2. The first-order valence-electron chi connectivity index (χ1n) is 12.3. The Labute approximate surface area is 213 Å². The van der Waals surface area contributed by atoms with Crippen LogP contribution in [0.3, 0.4) is 0 Å². The maximum atomic E-state index is 3.78. The molecule has 0 aliphatic heterocycles. The van der Waals surface area contributed by atoms with Gasteiger partial charge in [-0.15, -0.1) is 11.3 Å². The van der Waals surface area contributed by atoms with Crippen LogP contribution < -0.4 is 0 Å². The molecule has 35 heavy (non-hydrogen) atoms. The maximum absolute atomic E-state index is 3.78. The largest absolute Gasteiger partial charge is 0.357 e. The quantitative estimate of drug-likeness (QED) is 0.258. The standard InChI is InChI=1S/C32H34N2S/c1-31(2,3)26-19-24(28(33-26)21-13-9-7-10-14-21)23-17-18-35-30(23)25-20-27(32(4,5)6)34-29(25)22-15-11-8-12-16-22/h7-20,33-34H,1-6H3. The van der Waals surface area contributed by atoms with Crippen LogP contribution in [0.1, 0.15) is 52.9 Å². The molecule has 0 spiro atoms. The lowest BCUT2D eigenvalue weighted by atomic mass is 9.91. The minimum absolute atomic E-state index is 0.0284. The normalized spacial score (nSPS) is 12.3. The molecule has 0 saturated heterocycles. The second kappa shape index (κ2) is 8.73. The highest BCUT2D eigenvalue weighted by Gasteiger charge is 2.26. The highest BCUT2D eigenvalue weighted by Crippen LogP contribution is 2.46. The second-order valence-corrected chi connectivity index (χ2v) is 12.3. The lowest BCUT2D eigenvalue weighted by Gasteiger charge is -2.16. The first-order valence-corrected chi connectivity index (χ1v) is 13.2. The Morgan fingerprint density at radius 2 is 1.00 bits per heavy atom. The summed E-state index contributed by atoms with van der Waals surface area (Å²) in [6, 6.07) is 28.4. The van der Waals surface area contributed by atoms with Gasteiger partial charge in [0, 0.05) is 43.8 Å². The third kappa shape index (κ3) is 4.53. The van der Waals surface area contributed by atoms with E-state index in [4.69, 9.17) is 0 Å². The van der Waals surface area contributed by atoms with Crippen LogP contribution in [0, 0.1) is 0 Å². The van der Waals surface area contributed by atoms with Gasteiger partial charge in [0.25, 0.3) is 0 Å². The summed E-state index contributed by atoms with van der Waals surface area (Å²) < 4.78 is 0. The number of nitrogens with one attached hydrogen (secondary N) is 2. The van der Waals surface area contributed by atoms with E-state index in [9.17, 15) is 0 Å². The van der Waals surface area contributed by atoms with Gasteiger partial charge in [-0.25, -0.2) is 0 Å². The number of H-pyrrole nitrogens is 2. The monoisotopic (exact) mass is 478 g/mol. The summed E-state index contributed by atoms with van der Waals surface area (Å²) in [6.45, 7) is 13.6. The number of hydrogen-bond acceptors (Lipinski definition) is 1. The van der Waals surface area contributed by atoms with Gasteiger partial charge in [0.1, 0.15) is 0 Å². The fraction of sp³-hybridized carbons (Fsp3) is 0.250. The lowest BCUT2D eigenvalue weighted by molar-refractivity contribution is 0.573. The van der Waals surface area contributed by atoms with E-state index in [0.717, 1.165) is 0 Å². The van der Waals surface area contributed by atoms with E-state index in [2.05, 4.69) is 136 Å². The van der Waals surface area contributed by atoms with Crippen molar-refractivity contribution < 1.29 is 0 Å². The number of rotatable bonds is 4. The number of aromatic amines is 2. The molecule has 5 rings (SSSR count). The van der Waals surface area contributed by atoms with Gasteiger partial charge in [-0.1, -0.05) is 102 Å². The highest BCUT2D eigenvalue weighted by atomic mass is 32.1. The molecule has 0 aliphatic rings. The van der Waals surface area contributed by atoms with Crippen LogP contribution in [0.25, 0.3) is 44.1 Å². The zero-order valence-electron chi connectivity index (χ0n) is 21.5. The number of aromatic nitrogens is 2. The van der Waals surface area contributed by atoms with Crippen LogP contribution in [0.4, 0.5) is 0 Å². The molecule has 2 aromatic carbocycles. The van der Waals surface area contributed by atoms with Crippen LogP contribution in [0.2, 0.25) is 0 Å². The third-order valence-electron chi connectivity index (χ3n) is 6.58. The molecule has 3 aromatic heterocycles. The van der Waals surface area contributed by atoms with Gasteiger partial charge in [-0.3, -0.25) is 0 Å². The topological polar surface area (TPSA) is 31.6 Å². The van der Waals surface area contributed by atoms with Crippen molar-refractivity contribution >= 4 is 11.3 Å². The molecule has 2 nitrogen and oxygen atoms in total. The maximum Gasteiger partial charge on any atom is 0.0544 e. The smallest absolute Gasteiger partial charge is 0.0544 e. The van der Waals surface area contributed by atoms with Crippen molar-refractivity contribution in [3.8, 4) is 44.1 Å². The van der Waals surface area contributed by atoms with E-state index in [1.165, 1.54) is 55.5 Å². The Morgan fingerprint density at radius 3 is 1.49 bits per heavy atom. The van der Waals surface area contributed by atoms with Crippen LogP contribution >= 0.6 is 11.3 Å². The average molecular weight is 479 g/mol. The summed E-state index contributed by atoms with van der Waals surface area (Å²) in [5, 5.41) is 2.22. The summed E-state index contributed by atoms with van der Waals surface area (Å²) >= 11 is 1.82. The van der Waals surface area contributed by atoms with Crippen molar-refractivity contribution in [3.05, 3.63) is 95.6 Å². The van der Waals surface area contributed by atoms with Crippen molar-refractivity contribution in [2.24, 2.45) is 0 Å². The minimum Gasteiger partial charge on any atom is -0.357 e. The van der Waals surface area contributed by atoms with Gasteiger partial charge in [0.2, 0.25) is 0 Å². The van der Waals surface area contributed by atoms with Gasteiger partial charge in [0.15, 0.2) is 0 Å². The van der Waals surface area contributed by atoms with Crippen molar-refractivity contribution in [2.75, 3.05) is 0 Å². The highest BCUT2D eigenvalue weighted by molar-refractivity contribution is 7.14. The molecule has 0 radical (unpaired) electrons. The molecular formula is C32H34N2S. The summed E-state index contributed by atoms with van der Waals surface area (Å²) in [6.07, 6.45) is 0. The molecule has 0 aliphatic carbocycles. The molecule has 0 amide bonds. The van der Waals surface area contributed by atoms with Gasteiger partial charge < -0.3 is 9.97 Å². The number of thiophene rings is 1. The van der Waals surface area contributed by atoms with Gasteiger partial charge in [0.05, 0.1) is 11.4 Å². The summed E-state index contributed by atoms with van der Waals surface area (Å²) in [4.78, 5) is 8.86. The van der Waals surface area contributed by atoms with E-state index in [1.54, 1.807) is 0 Å². The Kier molecular flexibility index (Phi) is 5.85. The summed E-state index contributed by atoms with van der Waals surface area (Å²) in [5.74, 6) is 0. The van der Waals surface area contributed by atoms with Crippen LogP contribution in [0.5, 0.6) is 0 Å². The molecule has 0 saturated carbocycles. The first-order chi connectivity index (χ1) is 16.6. The van der Waals surface area contributed by atoms with Crippen molar-refractivity contribution in [1.82, 2.24) is 9.97 Å². The van der Waals surface area contributed by atoms with E-state index < -0.39 is 0 Å². The molecule has 5 aromatic rings. The van der Waals surface area contributed by atoms with Crippen molar-refractivity contribution in [2.45, 2.75) is 52.4 Å². The molecule has 0 fully saturated rings. The second-order valence-electron chi connectivity index (χ2n) is 11.3. The zero-order chi connectivity index (χ0) is 24.8. The third-order valence-corrected chi connectivity index (χ3v) is 7.52. The molecule has 0 atom stereocenters. The molecule has 3 heteroatoms. The van der Waals surface area contributed by atoms with Crippen molar-refractivity contribution in [1.29, 1.82) is 0 Å². The van der Waals surface area contributed by atoms with Gasteiger partial charge >= 0.3 is 0 Å². The molecule has 0 unspecified atom stereocenters. The number of hydrogen-bond donors (Lipinski definition) is 2. The molecule has 3 heterocycles. The fourth-order valence-electron chi connectivity index (χ4n) is 4.50. The van der Waals surface area contributed by atoms with E-state index >= 15 is 0 Å². The SMILES string of the molecule is CC(C)(C)c1cc(-c2ccsc2-c2cc(C(C)(C)C)[nH]c2-c2ccccc2)c(-c2ccccc2)[nH]1. The Balaban J connectivity index is 1.74. The molecular weight excluding hydrogens is 444 g/mol. The summed E-state index contributed by atoms with van der Waals surface area (Å²) in [5.41, 5.74) is 11.1. The van der Waals surface area contributed by atoms with Gasteiger partial charge in [-0.05, 0) is 34.7 Å². The summed E-state index contributed by atoms with van der Waals surface area (Å²) in [7, 11) is 0. The minimum atomic E-state index is 0.0284. The molecule has 178 valence electrons. The first kappa shape index (κ1) is 23.4. The molecule has 0 bridgehead atoms. The molecule has 2 N–H and O–H groups in total. The van der Waals surface area contributed by atoms with E-state index in [-0.39, 0.29) is 10.8 Å². The van der Waals surface area contributed by atoms with Crippen LogP contribution in [0.15, 0.2) is 84.2 Å².